The van der Waals surface area contributed by atoms with Crippen molar-refractivity contribution in [3.63, 3.8) is 0 Å². The van der Waals surface area contributed by atoms with Crippen LogP contribution in [-0.2, 0) is 0 Å². The summed E-state index contributed by atoms with van der Waals surface area (Å²) in [6, 6.07) is 1.86. The van der Waals surface area contributed by atoms with Crippen molar-refractivity contribution >= 4 is 0 Å². The molecule has 9 aliphatic rings. The molecule has 6 nitrogen and oxygen atoms in total. The largest absolute Gasteiger partial charge is 0.303 e. The number of fused-ring (bicyclic) bond motifs is 3. The molecule has 0 radical (unpaired) electrons. The summed E-state index contributed by atoms with van der Waals surface area (Å²) in [6.45, 7) is 89.4. The Bertz CT molecular complexity index is 1700. The van der Waals surface area contributed by atoms with Gasteiger partial charge < -0.3 is 24.5 Å². The van der Waals surface area contributed by atoms with Crippen LogP contribution in [0.3, 0.4) is 0 Å². The van der Waals surface area contributed by atoms with Gasteiger partial charge in [-0.15, -0.1) is 0 Å². The van der Waals surface area contributed by atoms with E-state index >= 15 is 0 Å². The zero-order valence-corrected chi connectivity index (χ0v) is 67.8. The molecule has 9 rings (SSSR count). The van der Waals surface area contributed by atoms with Crippen LogP contribution < -0.4 is 0 Å². The third kappa shape index (κ3) is 32.5. The first-order valence-electron chi connectivity index (χ1n) is 40.9. The minimum Gasteiger partial charge on any atom is -0.303 e. The summed E-state index contributed by atoms with van der Waals surface area (Å²) in [5.41, 5.74) is 0.605. The first-order valence-corrected chi connectivity index (χ1v) is 40.9. The Balaban J connectivity index is 0.000000278. The van der Waals surface area contributed by atoms with Crippen LogP contribution in [0.25, 0.3) is 0 Å². The first kappa shape index (κ1) is 85.0. The highest BCUT2D eigenvalue weighted by molar-refractivity contribution is 5.06. The zero-order valence-electron chi connectivity index (χ0n) is 67.8. The predicted octanol–water partition coefficient (Wildman–Crippen LogP) is 21.8. The lowest BCUT2D eigenvalue weighted by molar-refractivity contribution is 0.0579. The molecule has 7 aliphatic heterocycles. The first-order chi connectivity index (χ1) is 42.5. The summed E-state index contributed by atoms with van der Waals surface area (Å²) < 4.78 is 0. The van der Waals surface area contributed by atoms with E-state index in [4.69, 9.17) is 0 Å². The van der Waals surface area contributed by atoms with Gasteiger partial charge in [0.05, 0.1) is 0 Å². The van der Waals surface area contributed by atoms with Crippen LogP contribution in [0.1, 0.15) is 291 Å². The topological polar surface area (TPSA) is 19.4 Å². The molecule has 91 heavy (non-hydrogen) atoms. The van der Waals surface area contributed by atoms with Gasteiger partial charge in [-0.3, -0.25) is 4.90 Å². The molecule has 2 bridgehead atoms. The maximum absolute atomic E-state index is 2.82. The van der Waals surface area contributed by atoms with E-state index in [1.165, 1.54) is 195 Å². The number of piperidine rings is 4. The Morgan fingerprint density at radius 3 is 1.00 bits per heavy atom. The van der Waals surface area contributed by atoms with Crippen molar-refractivity contribution in [2.75, 3.05) is 105 Å². The number of hydrogen-bond acceptors (Lipinski definition) is 6. The highest BCUT2D eigenvalue weighted by atomic mass is 15.2. The molecule has 0 amide bonds. The molecule has 6 heteroatoms. The van der Waals surface area contributed by atoms with E-state index in [0.29, 0.717) is 5.41 Å². The van der Waals surface area contributed by atoms with Crippen molar-refractivity contribution in [1.82, 2.24) is 29.4 Å². The maximum atomic E-state index is 2.82. The van der Waals surface area contributed by atoms with Crippen LogP contribution >= 0.6 is 0 Å². The van der Waals surface area contributed by atoms with Gasteiger partial charge in [-0.1, -0.05) is 214 Å². The number of likely N-dealkylation sites (tertiary alicyclic amines) is 5. The summed E-state index contributed by atoms with van der Waals surface area (Å²) in [5, 5.41) is 0. The molecule has 0 aromatic heterocycles. The van der Waals surface area contributed by atoms with E-state index in [9.17, 15) is 0 Å². The lowest BCUT2D eigenvalue weighted by Crippen LogP contribution is -2.50. The minimum absolute atomic E-state index is 0.605. The van der Waals surface area contributed by atoms with Gasteiger partial charge in [0.2, 0.25) is 0 Å². The second-order valence-electron chi connectivity index (χ2n) is 38.7. The summed E-state index contributed by atoms with van der Waals surface area (Å²) in [7, 11) is 0. The highest BCUT2D eigenvalue weighted by Gasteiger charge is 2.56. The fourth-order valence-corrected chi connectivity index (χ4v) is 18.1. The normalized spacial score (nSPS) is 28.6. The number of rotatable bonds is 21. The van der Waals surface area contributed by atoms with Crippen molar-refractivity contribution in [2.24, 2.45) is 142 Å². The quantitative estimate of drug-likeness (QED) is 0.113. The van der Waals surface area contributed by atoms with Gasteiger partial charge in [-0.2, -0.15) is 0 Å². The molecule has 542 valence electrons. The lowest BCUT2D eigenvalue weighted by Gasteiger charge is -2.42. The fourth-order valence-electron chi connectivity index (χ4n) is 18.1. The van der Waals surface area contributed by atoms with Crippen molar-refractivity contribution in [3.05, 3.63) is 0 Å². The van der Waals surface area contributed by atoms with Crippen LogP contribution in [-0.4, -0.2) is 146 Å². The molecule has 5 atom stereocenters. The Morgan fingerprint density at radius 1 is 0.297 bits per heavy atom. The molecule has 7 saturated heterocycles. The second kappa shape index (κ2) is 42.7. The molecule has 0 aromatic rings. The zero-order chi connectivity index (χ0) is 68.6. The molecule has 9 fully saturated rings. The van der Waals surface area contributed by atoms with Crippen molar-refractivity contribution in [3.8, 4) is 0 Å². The summed E-state index contributed by atoms with van der Waals surface area (Å²) in [6.07, 6.45) is 20.4. The Hall–Kier alpha value is -0.240. The van der Waals surface area contributed by atoms with E-state index in [-0.39, 0.29) is 0 Å². The molecular weight excluding hydrogens is 1100 g/mol. The van der Waals surface area contributed by atoms with Crippen LogP contribution in [0, 0.1) is 142 Å². The third-order valence-corrected chi connectivity index (χ3v) is 24.4. The van der Waals surface area contributed by atoms with Crippen LogP contribution in [0.15, 0.2) is 0 Å². The van der Waals surface area contributed by atoms with Gasteiger partial charge in [0.15, 0.2) is 0 Å². The Morgan fingerprint density at radius 2 is 0.637 bits per heavy atom. The second-order valence-corrected chi connectivity index (χ2v) is 38.7. The van der Waals surface area contributed by atoms with Gasteiger partial charge >= 0.3 is 0 Å². The van der Waals surface area contributed by atoms with E-state index in [1.807, 2.05) is 0 Å². The summed E-state index contributed by atoms with van der Waals surface area (Å²) >= 11 is 0. The molecule has 0 spiro atoms. The van der Waals surface area contributed by atoms with E-state index < -0.39 is 0 Å². The van der Waals surface area contributed by atoms with Crippen molar-refractivity contribution in [1.29, 1.82) is 0 Å². The third-order valence-electron chi connectivity index (χ3n) is 24.4. The van der Waals surface area contributed by atoms with Crippen LogP contribution in [0.5, 0.6) is 0 Å². The van der Waals surface area contributed by atoms with E-state index in [1.54, 1.807) is 0 Å². The van der Waals surface area contributed by atoms with Crippen LogP contribution in [0.4, 0.5) is 0 Å². The van der Waals surface area contributed by atoms with Gasteiger partial charge in [-0.25, -0.2) is 0 Å². The fraction of sp³-hybridized carbons (Fsp3) is 1.00. The van der Waals surface area contributed by atoms with E-state index in [2.05, 4.69) is 230 Å². The Kier molecular flexibility index (Phi) is 39.8. The smallest absolute Gasteiger partial charge is 0.0102 e. The molecule has 7 heterocycles. The van der Waals surface area contributed by atoms with Crippen molar-refractivity contribution < 1.29 is 0 Å². The molecular formula is C85H172N6. The minimum atomic E-state index is 0.605. The molecule has 0 aromatic carbocycles. The molecule has 2 aliphatic carbocycles. The highest BCUT2D eigenvalue weighted by Crippen LogP contribution is 2.55. The number of nitrogens with zero attached hydrogens (tertiary/aromatic N) is 6. The van der Waals surface area contributed by atoms with Crippen LogP contribution in [0.2, 0.25) is 0 Å². The van der Waals surface area contributed by atoms with Gasteiger partial charge in [-0.05, 0) is 251 Å². The standard InChI is InChI=1S/C14H27N.C13H27N.C13H26.C12H23N.C12H25N.C11H23N.C10H21N/c1-10(2)9-15-13-5-6-14(15)8-12(7-13)11(3)4;1-11(2)10-14-8-6-13(5,7-9-14)12(3)4;1-10(2)9-12-5-7-13(8-6-12)11(3)4;1-8(2)5-13-6-10-11(7-13)12(10)9(3)4;1-10(2)9-13-7-5-12(6-8-13)11(3)4;1-9(2)7-12-6-5-11(8-12)10(3)4;1-8(2)5-11-6-10(7-11)9(3)4/h10-14H,5-9H2,1-4H3;11-12H,6-10H2,1-5H3;10-13H,5-9H2,1-4H3;8-12H,5-7H2,1-4H3;10-12H,5-9H2,1-4H3;9-11H,5-8H2,1-4H3;8-10H,5-7H2,1-4H3. The predicted molar refractivity (Wildman–Crippen MR) is 408 cm³/mol. The van der Waals surface area contributed by atoms with Gasteiger partial charge in [0, 0.05) is 84.1 Å². The van der Waals surface area contributed by atoms with Gasteiger partial charge in [0.1, 0.15) is 0 Å². The SMILES string of the molecule is CC(C)CC1CCC(C(C)C)CC1.CC(C)CN1C2CCC1CC(C(C)C)C2.CC(C)CN1CC(C(C)C)C1.CC(C)CN1CC2C(C1)C2C(C)C.CC(C)CN1CCC(C(C)C)C1.CC(C)CN1CCC(C(C)C)CC1.CC(C)CN1CCC(C)(C(C)C)CC1. The van der Waals surface area contributed by atoms with Gasteiger partial charge in [0.25, 0.3) is 0 Å². The Labute approximate surface area is 575 Å². The maximum Gasteiger partial charge on any atom is 0.0102 e. The average Bonchev–Trinajstić information content (AvgIpc) is 1.59. The molecule has 5 unspecified atom stereocenters. The summed E-state index contributed by atoms with van der Waals surface area (Å²) in [4.78, 5) is 15.9. The van der Waals surface area contributed by atoms with E-state index in [0.717, 1.165) is 148 Å². The number of hydrogen-bond donors (Lipinski definition) is 0. The average molecular weight is 1280 g/mol. The summed E-state index contributed by atoms with van der Waals surface area (Å²) in [5.74, 6) is 21.4. The van der Waals surface area contributed by atoms with Crippen molar-refractivity contribution in [2.45, 2.75) is 303 Å². The molecule has 0 N–H and O–H groups in total. The molecule has 2 saturated carbocycles. The lowest BCUT2D eigenvalue weighted by atomic mass is 9.72. The monoisotopic (exact) mass is 1280 g/mol.